The van der Waals surface area contributed by atoms with Gasteiger partial charge in [0.05, 0.1) is 5.56 Å². The van der Waals surface area contributed by atoms with Crippen LogP contribution in [0.15, 0.2) is 18.2 Å². The van der Waals surface area contributed by atoms with Crippen molar-refractivity contribution >= 4 is 5.91 Å². The van der Waals surface area contributed by atoms with Crippen molar-refractivity contribution in [3.05, 3.63) is 29.6 Å². The fourth-order valence-electron chi connectivity index (χ4n) is 1.10. The Morgan fingerprint density at radius 1 is 1.40 bits per heavy atom. The fourth-order valence-corrected chi connectivity index (χ4v) is 1.10. The lowest BCUT2D eigenvalue weighted by atomic mass is 10.1. The number of nitrogens with one attached hydrogen (secondary N) is 1. The zero-order valence-corrected chi connectivity index (χ0v) is 8.97. The molecule has 0 unspecified atom stereocenters. The number of halogens is 1. The number of carbonyl (C=O) groups excluding carboxylic acids is 1. The molecule has 0 aromatic heterocycles. The summed E-state index contributed by atoms with van der Waals surface area (Å²) in [4.78, 5) is 11.6. The van der Waals surface area contributed by atoms with Crippen molar-refractivity contribution in [2.24, 2.45) is 0 Å². The van der Waals surface area contributed by atoms with Gasteiger partial charge in [0.25, 0.3) is 5.91 Å². The number of rotatable bonds is 1. The average molecular weight is 211 g/mol. The van der Waals surface area contributed by atoms with Crippen molar-refractivity contribution in [3.63, 3.8) is 0 Å². The fraction of sp³-hybridized carbons (Fsp3) is 0.364. The predicted molar refractivity (Wildman–Crippen MR) is 55.3 cm³/mol. The molecular formula is C11H14FNO2. The van der Waals surface area contributed by atoms with Gasteiger partial charge in [0, 0.05) is 11.6 Å². The monoisotopic (exact) mass is 211 g/mol. The summed E-state index contributed by atoms with van der Waals surface area (Å²) >= 11 is 0. The maximum Gasteiger partial charge on any atom is 0.255 e. The van der Waals surface area contributed by atoms with Crippen LogP contribution in [0.4, 0.5) is 4.39 Å². The third-order valence-corrected chi connectivity index (χ3v) is 1.69. The minimum atomic E-state index is -0.570. The first-order valence-electron chi connectivity index (χ1n) is 4.60. The molecule has 0 saturated carbocycles. The van der Waals surface area contributed by atoms with Gasteiger partial charge in [-0.3, -0.25) is 4.79 Å². The van der Waals surface area contributed by atoms with E-state index in [-0.39, 0.29) is 11.3 Å². The molecule has 2 N–H and O–H groups in total. The number of hydrogen-bond acceptors (Lipinski definition) is 2. The van der Waals surface area contributed by atoms with E-state index < -0.39 is 17.3 Å². The van der Waals surface area contributed by atoms with E-state index in [1.165, 1.54) is 6.07 Å². The van der Waals surface area contributed by atoms with Gasteiger partial charge in [0.1, 0.15) is 11.6 Å². The molecule has 0 aliphatic rings. The van der Waals surface area contributed by atoms with Gasteiger partial charge in [-0.25, -0.2) is 4.39 Å². The molecule has 1 amide bonds. The van der Waals surface area contributed by atoms with Crippen LogP contribution in [-0.2, 0) is 0 Å². The number of amides is 1. The van der Waals surface area contributed by atoms with Crippen molar-refractivity contribution in [1.29, 1.82) is 0 Å². The summed E-state index contributed by atoms with van der Waals surface area (Å²) in [5.41, 5.74) is -0.316. The van der Waals surface area contributed by atoms with Crippen molar-refractivity contribution < 1.29 is 14.3 Å². The van der Waals surface area contributed by atoms with Crippen LogP contribution in [0, 0.1) is 5.82 Å². The molecule has 0 atom stereocenters. The second kappa shape index (κ2) is 3.88. The van der Waals surface area contributed by atoms with E-state index in [2.05, 4.69) is 5.32 Å². The molecule has 0 heterocycles. The molecule has 0 radical (unpaired) electrons. The quantitative estimate of drug-likeness (QED) is 0.747. The molecule has 0 bridgehead atoms. The van der Waals surface area contributed by atoms with Gasteiger partial charge >= 0.3 is 0 Å². The van der Waals surface area contributed by atoms with E-state index in [0.29, 0.717) is 0 Å². The normalized spacial score (nSPS) is 11.2. The van der Waals surface area contributed by atoms with Crippen LogP contribution in [0.2, 0.25) is 0 Å². The van der Waals surface area contributed by atoms with Crippen LogP contribution in [-0.4, -0.2) is 16.6 Å². The van der Waals surface area contributed by atoms with E-state index in [0.717, 1.165) is 12.1 Å². The molecule has 0 spiro atoms. The second-order valence-electron chi connectivity index (χ2n) is 4.37. The van der Waals surface area contributed by atoms with Gasteiger partial charge in [-0.05, 0) is 32.9 Å². The highest BCUT2D eigenvalue weighted by atomic mass is 19.1. The number of carbonyl (C=O) groups is 1. The predicted octanol–water partition coefficient (Wildman–Crippen LogP) is 2.06. The standard InChI is InChI=1S/C11H14FNO2/c1-11(2,3)13-10(15)8-5-4-7(12)6-9(8)14/h4-6,14H,1-3H3,(H,13,15). The summed E-state index contributed by atoms with van der Waals surface area (Å²) in [5.74, 6) is -1.34. The molecule has 0 aliphatic heterocycles. The first kappa shape index (κ1) is 11.5. The van der Waals surface area contributed by atoms with E-state index in [1.807, 2.05) is 20.8 Å². The summed E-state index contributed by atoms with van der Waals surface area (Å²) in [5, 5.41) is 12.0. The van der Waals surface area contributed by atoms with Crippen LogP contribution >= 0.6 is 0 Å². The molecule has 0 saturated heterocycles. The van der Waals surface area contributed by atoms with Crippen LogP contribution < -0.4 is 5.32 Å². The molecule has 3 nitrogen and oxygen atoms in total. The zero-order chi connectivity index (χ0) is 11.6. The van der Waals surface area contributed by atoms with Gasteiger partial charge in [-0.15, -0.1) is 0 Å². The van der Waals surface area contributed by atoms with E-state index in [4.69, 9.17) is 0 Å². The molecule has 82 valence electrons. The Hall–Kier alpha value is -1.58. The topological polar surface area (TPSA) is 49.3 Å². The van der Waals surface area contributed by atoms with Crippen LogP contribution in [0.1, 0.15) is 31.1 Å². The lowest BCUT2D eigenvalue weighted by molar-refractivity contribution is 0.0917. The second-order valence-corrected chi connectivity index (χ2v) is 4.37. The van der Waals surface area contributed by atoms with Crippen molar-refractivity contribution in [2.45, 2.75) is 26.3 Å². The Morgan fingerprint density at radius 2 is 2.00 bits per heavy atom. The van der Waals surface area contributed by atoms with Crippen LogP contribution in [0.3, 0.4) is 0 Å². The van der Waals surface area contributed by atoms with E-state index in [1.54, 1.807) is 0 Å². The maximum atomic E-state index is 12.7. The van der Waals surface area contributed by atoms with Crippen molar-refractivity contribution in [2.75, 3.05) is 0 Å². The lowest BCUT2D eigenvalue weighted by Gasteiger charge is -2.20. The smallest absolute Gasteiger partial charge is 0.255 e. The first-order valence-corrected chi connectivity index (χ1v) is 4.60. The Bertz CT molecular complexity index is 383. The molecule has 1 rings (SSSR count). The number of phenols is 1. The van der Waals surface area contributed by atoms with Gasteiger partial charge < -0.3 is 10.4 Å². The molecule has 0 fully saturated rings. The average Bonchev–Trinajstić information content (AvgIpc) is 1.99. The van der Waals surface area contributed by atoms with Gasteiger partial charge in [0.15, 0.2) is 0 Å². The highest BCUT2D eigenvalue weighted by Gasteiger charge is 2.17. The first-order chi connectivity index (χ1) is 6.79. The number of aromatic hydroxyl groups is 1. The highest BCUT2D eigenvalue weighted by Crippen LogP contribution is 2.18. The summed E-state index contributed by atoms with van der Waals surface area (Å²) < 4.78 is 12.7. The molecule has 4 heteroatoms. The molecule has 15 heavy (non-hydrogen) atoms. The number of hydrogen-bond donors (Lipinski definition) is 2. The van der Waals surface area contributed by atoms with Gasteiger partial charge in [-0.1, -0.05) is 0 Å². The summed E-state index contributed by atoms with van der Waals surface area (Å²) in [6, 6.07) is 3.31. The molecular weight excluding hydrogens is 197 g/mol. The third-order valence-electron chi connectivity index (χ3n) is 1.69. The largest absolute Gasteiger partial charge is 0.507 e. The molecule has 0 aliphatic carbocycles. The SMILES string of the molecule is CC(C)(C)NC(=O)c1ccc(F)cc1O. The van der Waals surface area contributed by atoms with Gasteiger partial charge in [0.2, 0.25) is 0 Å². The molecule has 1 aromatic carbocycles. The Morgan fingerprint density at radius 3 is 2.47 bits per heavy atom. The highest BCUT2D eigenvalue weighted by molar-refractivity contribution is 5.97. The number of phenolic OH excluding ortho intramolecular Hbond substituents is 1. The minimum Gasteiger partial charge on any atom is -0.507 e. The Labute approximate surface area is 87.9 Å². The van der Waals surface area contributed by atoms with Crippen LogP contribution in [0.5, 0.6) is 5.75 Å². The summed E-state index contributed by atoms with van der Waals surface area (Å²) in [6.07, 6.45) is 0. The molecule has 1 aromatic rings. The maximum absolute atomic E-state index is 12.7. The zero-order valence-electron chi connectivity index (χ0n) is 8.97. The Balaban J connectivity index is 2.92. The Kier molecular flexibility index (Phi) is 2.98. The lowest BCUT2D eigenvalue weighted by Crippen LogP contribution is -2.40. The van der Waals surface area contributed by atoms with E-state index in [9.17, 15) is 14.3 Å². The van der Waals surface area contributed by atoms with E-state index >= 15 is 0 Å². The minimum absolute atomic E-state index is 0.0753. The van der Waals surface area contributed by atoms with Crippen LogP contribution in [0.25, 0.3) is 0 Å². The van der Waals surface area contributed by atoms with Crippen molar-refractivity contribution in [1.82, 2.24) is 5.32 Å². The number of benzene rings is 1. The summed E-state index contributed by atoms with van der Waals surface area (Å²) in [7, 11) is 0. The third kappa shape index (κ3) is 3.23. The van der Waals surface area contributed by atoms with Gasteiger partial charge in [-0.2, -0.15) is 0 Å². The van der Waals surface area contributed by atoms with Crippen molar-refractivity contribution in [3.8, 4) is 5.75 Å². The summed E-state index contributed by atoms with van der Waals surface area (Å²) in [6.45, 7) is 5.47.